The van der Waals surface area contributed by atoms with Gasteiger partial charge in [-0.3, -0.25) is 0 Å². The third-order valence-corrected chi connectivity index (χ3v) is 12.9. The van der Waals surface area contributed by atoms with Crippen LogP contribution in [0.5, 0.6) is 11.5 Å². The van der Waals surface area contributed by atoms with Crippen LogP contribution in [0.25, 0.3) is 36.5 Å². The quantitative estimate of drug-likeness (QED) is 0.0848. The van der Waals surface area contributed by atoms with Gasteiger partial charge >= 0.3 is 0 Å². The van der Waals surface area contributed by atoms with Crippen molar-refractivity contribution in [2.75, 3.05) is 28.9 Å². The number of hydrogen-bond donors (Lipinski definition) is 0. The first-order chi connectivity index (χ1) is 36.5. The highest BCUT2D eigenvalue weighted by Crippen LogP contribution is 2.49. The molecule has 0 fully saturated rings. The number of anilines is 9. The fourth-order valence-corrected chi connectivity index (χ4v) is 9.17. The minimum absolute atomic E-state index is 0.739. The summed E-state index contributed by atoms with van der Waals surface area (Å²) in [5.41, 5.74) is 16.4. The first-order valence-corrected chi connectivity index (χ1v) is 24.9. The highest BCUT2D eigenvalue weighted by molar-refractivity contribution is 5.92. The lowest BCUT2D eigenvalue weighted by atomic mass is 10.1. The smallest absolute Gasteiger partial charge is 0.142 e. The average Bonchev–Trinajstić information content (AvgIpc) is 3.46. The number of benzene rings is 10. The van der Waals surface area contributed by atoms with Gasteiger partial charge in [-0.05, 0) is 131 Å². The van der Waals surface area contributed by atoms with E-state index in [0.29, 0.717) is 0 Å². The van der Waals surface area contributed by atoms with Crippen LogP contribution in [0.2, 0.25) is 0 Å². The number of hydrogen-bond acceptors (Lipinski definition) is 5. The van der Waals surface area contributed by atoms with Crippen LogP contribution in [0.15, 0.2) is 255 Å². The summed E-state index contributed by atoms with van der Waals surface area (Å²) in [5.74, 6) is 1.48. The molecule has 0 saturated heterocycles. The molecule has 74 heavy (non-hydrogen) atoms. The van der Waals surface area contributed by atoms with Crippen LogP contribution < -0.4 is 24.2 Å². The molecule has 0 bridgehead atoms. The highest BCUT2D eigenvalue weighted by atomic mass is 16.5. The number of methoxy groups -OCH3 is 2. The predicted octanol–water partition coefficient (Wildman–Crippen LogP) is 18.9. The molecule has 10 rings (SSSR count). The van der Waals surface area contributed by atoms with Crippen molar-refractivity contribution in [2.45, 2.75) is 6.92 Å². The molecule has 0 radical (unpaired) electrons. The van der Waals surface area contributed by atoms with Gasteiger partial charge in [-0.15, -0.1) is 0 Å². The molecule has 0 aliphatic carbocycles. The van der Waals surface area contributed by atoms with Crippen molar-refractivity contribution in [1.29, 1.82) is 0 Å². The Hall–Kier alpha value is -9.58. The fraction of sp³-hybridized carbons (Fsp3) is 0.0435. The summed E-state index contributed by atoms with van der Waals surface area (Å²) < 4.78 is 12.4. The summed E-state index contributed by atoms with van der Waals surface area (Å²) in [4.78, 5) is 6.95. The van der Waals surface area contributed by atoms with Gasteiger partial charge in [-0.25, -0.2) is 0 Å². The van der Waals surface area contributed by atoms with Crippen molar-refractivity contribution in [1.82, 2.24) is 0 Å². The van der Waals surface area contributed by atoms with E-state index in [1.807, 2.05) is 42.5 Å². The van der Waals surface area contributed by atoms with Crippen LogP contribution in [0.4, 0.5) is 51.2 Å². The Kier molecular flexibility index (Phi) is 15.0. The molecule has 0 aromatic heterocycles. The second-order valence-electron chi connectivity index (χ2n) is 17.9. The van der Waals surface area contributed by atoms with Crippen molar-refractivity contribution >= 4 is 87.6 Å². The van der Waals surface area contributed by atoms with Crippen molar-refractivity contribution in [3.8, 4) is 11.5 Å². The second kappa shape index (κ2) is 23.1. The van der Waals surface area contributed by atoms with E-state index < -0.39 is 0 Å². The summed E-state index contributed by atoms with van der Waals surface area (Å²) >= 11 is 0. The number of ether oxygens (including phenoxy) is 2. The zero-order chi connectivity index (χ0) is 50.5. The third kappa shape index (κ3) is 11.3. The average molecular weight is 960 g/mol. The van der Waals surface area contributed by atoms with Gasteiger partial charge < -0.3 is 24.2 Å². The second-order valence-corrected chi connectivity index (χ2v) is 17.9. The Morgan fingerprint density at radius 1 is 0.257 bits per heavy atom. The first-order valence-electron chi connectivity index (χ1n) is 24.9. The van der Waals surface area contributed by atoms with Crippen LogP contribution >= 0.6 is 0 Å². The van der Waals surface area contributed by atoms with E-state index in [2.05, 4.69) is 270 Å². The zero-order valence-electron chi connectivity index (χ0n) is 41.9. The third-order valence-electron chi connectivity index (χ3n) is 12.9. The summed E-state index contributed by atoms with van der Waals surface area (Å²) in [6.07, 6.45) is 12.9. The van der Waals surface area contributed by atoms with Crippen LogP contribution in [0, 0.1) is 6.92 Å². The Morgan fingerprint density at radius 2 is 0.514 bits per heavy atom. The molecule has 0 spiro atoms. The van der Waals surface area contributed by atoms with E-state index >= 15 is 0 Å². The van der Waals surface area contributed by atoms with Crippen LogP contribution in [-0.2, 0) is 0 Å². The largest absolute Gasteiger partial charge is 0.495 e. The first kappa shape index (κ1) is 48.1. The van der Waals surface area contributed by atoms with Gasteiger partial charge in [0.15, 0.2) is 0 Å². The summed E-state index contributed by atoms with van der Waals surface area (Å²) in [5, 5.41) is 0. The van der Waals surface area contributed by atoms with Gasteiger partial charge in [0, 0.05) is 22.7 Å². The van der Waals surface area contributed by atoms with Gasteiger partial charge in [0.05, 0.1) is 42.7 Å². The van der Waals surface area contributed by atoms with Gasteiger partial charge in [0.25, 0.3) is 0 Å². The van der Waals surface area contributed by atoms with Gasteiger partial charge in [-0.1, -0.05) is 206 Å². The lowest BCUT2D eigenvalue weighted by Crippen LogP contribution is -2.17. The maximum absolute atomic E-state index is 6.18. The molecule has 0 saturated carbocycles. The van der Waals surface area contributed by atoms with Crippen molar-refractivity contribution in [3.63, 3.8) is 0 Å². The van der Waals surface area contributed by atoms with E-state index in [-0.39, 0.29) is 0 Å². The topological polar surface area (TPSA) is 28.2 Å². The maximum atomic E-state index is 6.18. The standard InChI is InChI=1S/C69H57N3O2/c1-52-19-13-14-26-65(52)70(59-43-37-56(38-44-59)34-31-53-20-7-4-8-21-53)62-49-63(71(66-27-15-17-29-68(66)73-2)60-45-39-57(40-46-60)35-32-54-22-9-5-10-23-54)51-64(50-62)72(67-28-16-18-30-69(67)74-3)61-47-41-58(42-48-61)36-33-55-24-11-6-12-25-55/h4-51H,1-3H3/b34-31+,35-32+,36-33+. The molecule has 0 aliphatic rings. The zero-order valence-corrected chi connectivity index (χ0v) is 41.9. The molecular formula is C69H57N3O2. The minimum atomic E-state index is 0.739. The molecule has 5 nitrogen and oxygen atoms in total. The molecule has 0 aliphatic heterocycles. The highest BCUT2D eigenvalue weighted by Gasteiger charge is 2.25. The van der Waals surface area contributed by atoms with Crippen LogP contribution in [0.3, 0.4) is 0 Å². The Balaban J connectivity index is 1.19. The molecule has 0 atom stereocenters. The number of nitrogens with zero attached hydrogens (tertiary/aromatic N) is 3. The molecule has 360 valence electrons. The lowest BCUT2D eigenvalue weighted by molar-refractivity contribution is 0.416. The molecule has 10 aromatic carbocycles. The summed E-state index contributed by atoms with van der Waals surface area (Å²) in [6.45, 7) is 2.17. The number of aryl methyl sites for hydroxylation is 1. The van der Waals surface area contributed by atoms with E-state index in [1.165, 1.54) is 0 Å². The molecule has 0 N–H and O–H groups in total. The van der Waals surface area contributed by atoms with Crippen molar-refractivity contribution in [2.24, 2.45) is 0 Å². The lowest BCUT2D eigenvalue weighted by Gasteiger charge is -2.34. The van der Waals surface area contributed by atoms with Crippen LogP contribution in [-0.4, -0.2) is 14.2 Å². The number of rotatable bonds is 17. The molecule has 10 aromatic rings. The maximum Gasteiger partial charge on any atom is 0.142 e. The molecule has 0 heterocycles. The SMILES string of the molecule is COc1ccccc1N(c1ccc(/C=C/c2ccccc2)cc1)c1cc(N(c2ccc(/C=C/c3ccccc3)cc2)c2ccccc2C)cc(N(c2ccc(/C=C/c3ccccc3)cc2)c2ccccc2OC)c1. The van der Waals surface area contributed by atoms with E-state index in [0.717, 1.165) is 102 Å². The minimum Gasteiger partial charge on any atom is -0.495 e. The van der Waals surface area contributed by atoms with Crippen molar-refractivity contribution < 1.29 is 9.47 Å². The Morgan fingerprint density at radius 3 is 0.824 bits per heavy atom. The van der Waals surface area contributed by atoms with Gasteiger partial charge in [0.1, 0.15) is 11.5 Å². The number of para-hydroxylation sites is 5. The van der Waals surface area contributed by atoms with Gasteiger partial charge in [-0.2, -0.15) is 0 Å². The molecule has 0 unspecified atom stereocenters. The summed E-state index contributed by atoms with van der Waals surface area (Å²) in [6, 6.07) is 89.3. The van der Waals surface area contributed by atoms with E-state index in [4.69, 9.17) is 9.47 Å². The Labute approximate surface area is 436 Å². The van der Waals surface area contributed by atoms with Gasteiger partial charge in [0.2, 0.25) is 0 Å². The van der Waals surface area contributed by atoms with Crippen molar-refractivity contribution in [3.05, 3.63) is 294 Å². The van der Waals surface area contributed by atoms with E-state index in [1.54, 1.807) is 14.2 Å². The molecular weight excluding hydrogens is 903 g/mol. The normalized spacial score (nSPS) is 11.3. The molecule has 5 heteroatoms. The predicted molar refractivity (Wildman–Crippen MR) is 314 cm³/mol. The fourth-order valence-electron chi connectivity index (χ4n) is 9.17. The monoisotopic (exact) mass is 959 g/mol. The molecule has 0 amide bonds. The van der Waals surface area contributed by atoms with Crippen LogP contribution in [0.1, 0.15) is 38.9 Å². The van der Waals surface area contributed by atoms with E-state index in [9.17, 15) is 0 Å². The Bertz CT molecular complexity index is 3350. The summed E-state index contributed by atoms with van der Waals surface area (Å²) in [7, 11) is 3.47.